The van der Waals surface area contributed by atoms with Crippen molar-refractivity contribution >= 4 is 17.6 Å². The summed E-state index contributed by atoms with van der Waals surface area (Å²) < 4.78 is 5.22. The Bertz CT molecular complexity index is 476. The van der Waals surface area contributed by atoms with Gasteiger partial charge in [-0.1, -0.05) is 11.6 Å². The number of halogens is 1. The summed E-state index contributed by atoms with van der Waals surface area (Å²) in [6.07, 6.45) is 0.557. The molecule has 18 heavy (non-hydrogen) atoms. The number of aryl methyl sites for hydroxylation is 1. The minimum absolute atomic E-state index is 0.0209. The lowest BCUT2D eigenvalue weighted by molar-refractivity contribution is -0.141. The minimum atomic E-state index is -0.763. The molecule has 0 spiro atoms. The van der Waals surface area contributed by atoms with Crippen molar-refractivity contribution in [3.63, 3.8) is 0 Å². The number of carboxylic acids is 1. The zero-order valence-electron chi connectivity index (χ0n) is 10.4. The van der Waals surface area contributed by atoms with Gasteiger partial charge >= 0.3 is 5.97 Å². The Morgan fingerprint density at radius 3 is 2.83 bits per heavy atom. The molecular formula is C13H16ClNO3. The molecule has 0 bridgehead atoms. The van der Waals surface area contributed by atoms with Crippen LogP contribution < -0.4 is 10.1 Å². The summed E-state index contributed by atoms with van der Waals surface area (Å²) >= 11 is 6.29. The Hall–Kier alpha value is -1.26. The average Bonchev–Trinajstić information content (AvgIpc) is 2.82. The molecule has 0 amide bonds. The molecule has 1 heterocycles. The van der Waals surface area contributed by atoms with Crippen LogP contribution in [0.3, 0.4) is 0 Å². The molecule has 0 aliphatic carbocycles. The predicted molar refractivity (Wildman–Crippen MR) is 69.2 cm³/mol. The highest BCUT2D eigenvalue weighted by molar-refractivity contribution is 6.32. The van der Waals surface area contributed by atoms with Crippen LogP contribution in [0.15, 0.2) is 12.1 Å². The van der Waals surface area contributed by atoms with Gasteiger partial charge in [-0.2, -0.15) is 0 Å². The molecule has 1 saturated heterocycles. The second-order valence-corrected chi connectivity index (χ2v) is 4.96. The van der Waals surface area contributed by atoms with Gasteiger partial charge in [-0.05, 0) is 36.6 Å². The van der Waals surface area contributed by atoms with E-state index in [-0.39, 0.29) is 12.0 Å². The van der Waals surface area contributed by atoms with Crippen LogP contribution in [-0.4, -0.2) is 24.7 Å². The molecule has 0 saturated carbocycles. The third-order valence-electron chi connectivity index (χ3n) is 3.35. The van der Waals surface area contributed by atoms with E-state index in [0.717, 1.165) is 16.9 Å². The number of hydrogen-bond acceptors (Lipinski definition) is 3. The van der Waals surface area contributed by atoms with Crippen LogP contribution in [0, 0.1) is 12.8 Å². The number of nitrogens with one attached hydrogen (secondary N) is 1. The summed E-state index contributed by atoms with van der Waals surface area (Å²) in [6.45, 7) is 2.39. The third-order valence-corrected chi connectivity index (χ3v) is 3.86. The first-order chi connectivity index (χ1) is 8.52. The molecule has 2 N–H and O–H groups in total. The number of carbonyl (C=O) groups is 1. The molecular weight excluding hydrogens is 254 g/mol. The van der Waals surface area contributed by atoms with Crippen LogP contribution in [0.25, 0.3) is 0 Å². The van der Waals surface area contributed by atoms with Crippen molar-refractivity contribution < 1.29 is 14.6 Å². The summed E-state index contributed by atoms with van der Waals surface area (Å²) in [7, 11) is 1.61. The van der Waals surface area contributed by atoms with Gasteiger partial charge in [0.2, 0.25) is 0 Å². The van der Waals surface area contributed by atoms with Gasteiger partial charge in [0.05, 0.1) is 13.0 Å². The van der Waals surface area contributed by atoms with Crippen molar-refractivity contribution in [2.45, 2.75) is 19.4 Å². The van der Waals surface area contributed by atoms with Crippen molar-refractivity contribution in [2.75, 3.05) is 13.7 Å². The zero-order chi connectivity index (χ0) is 13.3. The van der Waals surface area contributed by atoms with Crippen LogP contribution in [-0.2, 0) is 4.79 Å². The molecule has 1 fully saturated rings. The highest BCUT2D eigenvalue weighted by atomic mass is 35.5. The van der Waals surface area contributed by atoms with Crippen molar-refractivity contribution in [3.05, 3.63) is 28.3 Å². The maximum absolute atomic E-state index is 11.0. The number of hydrogen-bond donors (Lipinski definition) is 2. The lowest BCUT2D eigenvalue weighted by Gasteiger charge is -2.16. The Labute approximate surface area is 111 Å². The maximum Gasteiger partial charge on any atom is 0.307 e. The highest BCUT2D eigenvalue weighted by Gasteiger charge is 2.31. The second-order valence-electron chi connectivity index (χ2n) is 4.58. The van der Waals surface area contributed by atoms with Crippen LogP contribution in [0.1, 0.15) is 23.6 Å². The average molecular weight is 270 g/mol. The van der Waals surface area contributed by atoms with Gasteiger partial charge in [-0.15, -0.1) is 0 Å². The molecule has 1 aromatic carbocycles. The fraction of sp³-hybridized carbons (Fsp3) is 0.462. The monoisotopic (exact) mass is 269 g/mol. The summed E-state index contributed by atoms with van der Waals surface area (Å²) in [5.74, 6) is -0.370. The van der Waals surface area contributed by atoms with E-state index in [0.29, 0.717) is 18.0 Å². The molecule has 98 valence electrons. The SMILES string of the molecule is COc1cc(C)c(Cl)c(C2CC(C(=O)O)CN2)c1. The van der Waals surface area contributed by atoms with Gasteiger partial charge in [0.25, 0.3) is 0 Å². The fourth-order valence-electron chi connectivity index (χ4n) is 2.29. The smallest absolute Gasteiger partial charge is 0.307 e. The Kier molecular flexibility index (Phi) is 3.78. The lowest BCUT2D eigenvalue weighted by Crippen LogP contribution is -2.17. The van der Waals surface area contributed by atoms with E-state index in [9.17, 15) is 4.79 Å². The van der Waals surface area contributed by atoms with Crippen molar-refractivity contribution in [1.82, 2.24) is 5.32 Å². The normalized spacial score (nSPS) is 23.1. The van der Waals surface area contributed by atoms with E-state index in [1.54, 1.807) is 7.11 Å². The fourth-order valence-corrected chi connectivity index (χ4v) is 2.54. The molecule has 1 aliphatic rings. The largest absolute Gasteiger partial charge is 0.497 e. The molecule has 2 atom stereocenters. The lowest BCUT2D eigenvalue weighted by atomic mass is 9.98. The van der Waals surface area contributed by atoms with Gasteiger partial charge in [0.1, 0.15) is 5.75 Å². The molecule has 0 aromatic heterocycles. The molecule has 2 rings (SSSR count). The van der Waals surface area contributed by atoms with Crippen molar-refractivity contribution in [3.8, 4) is 5.75 Å². The molecule has 4 nitrogen and oxygen atoms in total. The number of ether oxygens (including phenoxy) is 1. The number of benzene rings is 1. The molecule has 1 aliphatic heterocycles. The van der Waals surface area contributed by atoms with E-state index < -0.39 is 5.97 Å². The Morgan fingerprint density at radius 1 is 1.56 bits per heavy atom. The third kappa shape index (κ3) is 2.44. The standard InChI is InChI=1S/C13H16ClNO3/c1-7-3-9(18-2)5-10(12(7)14)11-4-8(6-15-11)13(16)17/h3,5,8,11,15H,4,6H2,1-2H3,(H,16,17). The van der Waals surface area contributed by atoms with Crippen LogP contribution in [0.5, 0.6) is 5.75 Å². The minimum Gasteiger partial charge on any atom is -0.497 e. The molecule has 1 aromatic rings. The van der Waals surface area contributed by atoms with E-state index in [1.165, 1.54) is 0 Å². The van der Waals surface area contributed by atoms with Gasteiger partial charge < -0.3 is 15.2 Å². The summed E-state index contributed by atoms with van der Waals surface area (Å²) in [6, 6.07) is 3.72. The quantitative estimate of drug-likeness (QED) is 0.885. The first-order valence-corrected chi connectivity index (χ1v) is 6.21. The maximum atomic E-state index is 11.0. The van der Waals surface area contributed by atoms with Gasteiger partial charge in [0.15, 0.2) is 0 Å². The molecule has 5 heteroatoms. The first kappa shape index (κ1) is 13.2. The van der Waals surface area contributed by atoms with Gasteiger partial charge in [-0.3, -0.25) is 4.79 Å². The van der Waals surface area contributed by atoms with E-state index in [4.69, 9.17) is 21.4 Å². The number of carboxylic acid groups (broad SMARTS) is 1. The van der Waals surface area contributed by atoms with Gasteiger partial charge in [0, 0.05) is 17.6 Å². The topological polar surface area (TPSA) is 58.6 Å². The number of methoxy groups -OCH3 is 1. The Morgan fingerprint density at radius 2 is 2.28 bits per heavy atom. The first-order valence-electron chi connectivity index (χ1n) is 5.83. The highest BCUT2D eigenvalue weighted by Crippen LogP contribution is 2.36. The van der Waals surface area contributed by atoms with E-state index >= 15 is 0 Å². The van der Waals surface area contributed by atoms with Crippen LogP contribution >= 0.6 is 11.6 Å². The molecule has 2 unspecified atom stereocenters. The summed E-state index contributed by atoms with van der Waals surface area (Å²) in [4.78, 5) is 11.0. The molecule has 0 radical (unpaired) electrons. The van der Waals surface area contributed by atoms with Crippen LogP contribution in [0.2, 0.25) is 5.02 Å². The van der Waals surface area contributed by atoms with Gasteiger partial charge in [-0.25, -0.2) is 0 Å². The van der Waals surface area contributed by atoms with E-state index in [1.807, 2.05) is 19.1 Å². The predicted octanol–water partition coefficient (Wildman–Crippen LogP) is 2.39. The van der Waals surface area contributed by atoms with E-state index in [2.05, 4.69) is 5.32 Å². The van der Waals surface area contributed by atoms with Crippen molar-refractivity contribution in [2.24, 2.45) is 5.92 Å². The number of rotatable bonds is 3. The number of aliphatic carboxylic acids is 1. The second kappa shape index (κ2) is 5.16. The van der Waals surface area contributed by atoms with Crippen LogP contribution in [0.4, 0.5) is 0 Å². The summed E-state index contributed by atoms with van der Waals surface area (Å²) in [5.41, 5.74) is 1.85. The zero-order valence-corrected chi connectivity index (χ0v) is 11.1. The van der Waals surface area contributed by atoms with Crippen molar-refractivity contribution in [1.29, 1.82) is 0 Å². The summed E-state index contributed by atoms with van der Waals surface area (Å²) in [5, 5.41) is 12.9. The Balaban J connectivity index is 2.29.